The zero-order chi connectivity index (χ0) is 12.5. The van der Waals surface area contributed by atoms with Gasteiger partial charge in [0, 0.05) is 17.4 Å². The van der Waals surface area contributed by atoms with Crippen LogP contribution in [0.25, 0.3) is 0 Å². The highest BCUT2D eigenvalue weighted by Gasteiger charge is 2.30. The minimum Gasteiger partial charge on any atom is -0.323 e. The summed E-state index contributed by atoms with van der Waals surface area (Å²) in [4.78, 5) is 0. The van der Waals surface area contributed by atoms with Gasteiger partial charge < -0.3 is 5.43 Å². The molecule has 0 amide bonds. The van der Waals surface area contributed by atoms with Crippen molar-refractivity contribution < 1.29 is 0 Å². The van der Waals surface area contributed by atoms with Gasteiger partial charge in [-0.25, -0.2) is 0 Å². The lowest BCUT2D eigenvalue weighted by molar-refractivity contribution is 0.350. The highest BCUT2D eigenvalue weighted by atomic mass is 15.4. The smallest absolute Gasteiger partial charge is 0.0436 e. The van der Waals surface area contributed by atoms with Gasteiger partial charge in [0.25, 0.3) is 0 Å². The molecular formula is C16H20N2. The number of nitrogens with zero attached hydrogens (tertiary/aromatic N) is 1. The molecule has 0 spiro atoms. The molecule has 1 aromatic heterocycles. The summed E-state index contributed by atoms with van der Waals surface area (Å²) in [5.41, 5.74) is 7.67. The summed E-state index contributed by atoms with van der Waals surface area (Å²) >= 11 is 0. The van der Waals surface area contributed by atoms with Crippen LogP contribution in [-0.2, 0) is 0 Å². The van der Waals surface area contributed by atoms with E-state index in [-0.39, 0.29) is 0 Å². The van der Waals surface area contributed by atoms with Crippen molar-refractivity contribution in [1.82, 2.24) is 4.68 Å². The van der Waals surface area contributed by atoms with E-state index in [1.165, 1.54) is 29.8 Å². The number of rotatable bonds is 3. The van der Waals surface area contributed by atoms with E-state index in [2.05, 4.69) is 66.4 Å². The molecule has 2 heteroatoms. The molecule has 18 heavy (non-hydrogen) atoms. The van der Waals surface area contributed by atoms with E-state index in [0.717, 1.165) is 5.92 Å². The predicted octanol–water partition coefficient (Wildman–Crippen LogP) is 3.59. The summed E-state index contributed by atoms with van der Waals surface area (Å²) < 4.78 is 2.21. The number of aromatic nitrogens is 1. The summed E-state index contributed by atoms with van der Waals surface area (Å²) in [6.07, 6.45) is 2.47. The van der Waals surface area contributed by atoms with Crippen LogP contribution in [0.1, 0.15) is 35.7 Å². The Morgan fingerprint density at radius 3 is 2.17 bits per heavy atom. The van der Waals surface area contributed by atoms with E-state index in [0.29, 0.717) is 6.04 Å². The fourth-order valence-electron chi connectivity index (χ4n) is 2.78. The zero-order valence-electron chi connectivity index (χ0n) is 11.1. The Morgan fingerprint density at radius 1 is 0.944 bits per heavy atom. The number of nitrogens with one attached hydrogen (secondary N) is 1. The van der Waals surface area contributed by atoms with E-state index in [4.69, 9.17) is 0 Å². The van der Waals surface area contributed by atoms with Gasteiger partial charge in [-0.05, 0) is 50.3 Å². The molecule has 1 aromatic carbocycles. The minimum atomic E-state index is 0.611. The number of benzene rings is 1. The first-order chi connectivity index (χ1) is 8.74. The van der Waals surface area contributed by atoms with Crippen molar-refractivity contribution in [3.63, 3.8) is 0 Å². The van der Waals surface area contributed by atoms with Crippen LogP contribution in [0.15, 0.2) is 42.5 Å². The van der Waals surface area contributed by atoms with Gasteiger partial charge in [0.15, 0.2) is 0 Å². The van der Waals surface area contributed by atoms with Crippen LogP contribution in [0, 0.1) is 13.8 Å². The molecule has 1 heterocycles. The van der Waals surface area contributed by atoms with E-state index in [1.54, 1.807) is 0 Å². The van der Waals surface area contributed by atoms with E-state index >= 15 is 0 Å². The van der Waals surface area contributed by atoms with Gasteiger partial charge in [0.1, 0.15) is 0 Å². The van der Waals surface area contributed by atoms with Crippen molar-refractivity contribution >= 4 is 0 Å². The first-order valence-electron chi connectivity index (χ1n) is 6.70. The van der Waals surface area contributed by atoms with Crippen LogP contribution in [0.5, 0.6) is 0 Å². The maximum Gasteiger partial charge on any atom is 0.0436 e. The van der Waals surface area contributed by atoms with Crippen molar-refractivity contribution in [2.24, 2.45) is 0 Å². The van der Waals surface area contributed by atoms with Crippen LogP contribution in [0.3, 0.4) is 0 Å². The van der Waals surface area contributed by atoms with Crippen LogP contribution < -0.4 is 5.43 Å². The Bertz CT molecular complexity index is 502. The molecular weight excluding hydrogens is 220 g/mol. The van der Waals surface area contributed by atoms with Crippen LogP contribution in [0.2, 0.25) is 0 Å². The van der Waals surface area contributed by atoms with Gasteiger partial charge in [0.05, 0.1) is 0 Å². The Hall–Kier alpha value is -1.70. The summed E-state index contributed by atoms with van der Waals surface area (Å²) in [5, 5.41) is 0. The molecule has 1 aliphatic rings. The average molecular weight is 240 g/mol. The van der Waals surface area contributed by atoms with E-state index in [9.17, 15) is 0 Å². The van der Waals surface area contributed by atoms with Crippen molar-refractivity contribution in [2.75, 3.05) is 5.43 Å². The van der Waals surface area contributed by atoms with Gasteiger partial charge in [-0.2, -0.15) is 0 Å². The fraction of sp³-hybridized carbons (Fsp3) is 0.375. The second-order valence-corrected chi connectivity index (χ2v) is 5.36. The molecule has 1 fully saturated rings. The molecule has 1 N–H and O–H groups in total. The standard InChI is InChI=1S/C16H20N2/c1-12-8-9-13(2)18(12)17-16-10-15(11-16)14-6-4-3-5-7-14/h3-9,15-17H,10-11H2,1-2H3. The molecule has 0 radical (unpaired) electrons. The van der Waals surface area contributed by atoms with Crippen molar-refractivity contribution in [3.05, 3.63) is 59.4 Å². The normalized spacial score (nSPS) is 22.6. The van der Waals surface area contributed by atoms with Crippen molar-refractivity contribution in [2.45, 2.75) is 38.6 Å². The third-order valence-corrected chi connectivity index (χ3v) is 3.99. The van der Waals surface area contributed by atoms with E-state index in [1.807, 2.05) is 0 Å². The summed E-state index contributed by atoms with van der Waals surface area (Å²) in [6.45, 7) is 4.29. The van der Waals surface area contributed by atoms with Gasteiger partial charge in [-0.15, -0.1) is 0 Å². The first-order valence-corrected chi connectivity index (χ1v) is 6.70. The van der Waals surface area contributed by atoms with E-state index < -0.39 is 0 Å². The molecule has 94 valence electrons. The van der Waals surface area contributed by atoms with Crippen LogP contribution in [0.4, 0.5) is 0 Å². The Balaban J connectivity index is 1.60. The van der Waals surface area contributed by atoms with Crippen molar-refractivity contribution in [1.29, 1.82) is 0 Å². The third kappa shape index (κ3) is 2.03. The lowest BCUT2D eigenvalue weighted by Gasteiger charge is -2.37. The molecule has 0 bridgehead atoms. The van der Waals surface area contributed by atoms with Gasteiger partial charge >= 0.3 is 0 Å². The molecule has 3 rings (SSSR count). The molecule has 1 aliphatic carbocycles. The quantitative estimate of drug-likeness (QED) is 0.867. The highest BCUT2D eigenvalue weighted by Crippen LogP contribution is 2.37. The largest absolute Gasteiger partial charge is 0.323 e. The van der Waals surface area contributed by atoms with Gasteiger partial charge in [0.2, 0.25) is 0 Å². The molecule has 2 nitrogen and oxygen atoms in total. The van der Waals surface area contributed by atoms with Gasteiger partial charge in [-0.1, -0.05) is 30.3 Å². The highest BCUT2D eigenvalue weighted by molar-refractivity contribution is 5.24. The summed E-state index contributed by atoms with van der Waals surface area (Å²) in [6, 6.07) is 15.8. The summed E-state index contributed by atoms with van der Waals surface area (Å²) in [7, 11) is 0. The fourth-order valence-corrected chi connectivity index (χ4v) is 2.78. The Kier molecular flexibility index (Phi) is 2.86. The van der Waals surface area contributed by atoms with Crippen LogP contribution in [-0.4, -0.2) is 10.7 Å². The molecule has 2 aromatic rings. The average Bonchev–Trinajstić information content (AvgIpc) is 2.65. The lowest BCUT2D eigenvalue weighted by atomic mass is 9.76. The Morgan fingerprint density at radius 2 is 1.56 bits per heavy atom. The monoisotopic (exact) mass is 240 g/mol. The minimum absolute atomic E-state index is 0.611. The maximum absolute atomic E-state index is 3.61. The molecule has 0 atom stereocenters. The topological polar surface area (TPSA) is 17.0 Å². The lowest BCUT2D eigenvalue weighted by Crippen LogP contribution is -2.39. The SMILES string of the molecule is Cc1ccc(C)n1NC1CC(c2ccccc2)C1. The molecule has 0 saturated heterocycles. The molecule has 1 saturated carbocycles. The number of hydrogen-bond donors (Lipinski definition) is 1. The first kappa shape index (κ1) is 11.4. The zero-order valence-corrected chi connectivity index (χ0v) is 11.1. The molecule has 0 aliphatic heterocycles. The Labute approximate surface area is 109 Å². The second kappa shape index (κ2) is 4.52. The second-order valence-electron chi connectivity index (χ2n) is 5.36. The third-order valence-electron chi connectivity index (χ3n) is 3.99. The predicted molar refractivity (Wildman–Crippen MR) is 75.5 cm³/mol. The number of aryl methyl sites for hydroxylation is 2. The van der Waals surface area contributed by atoms with Gasteiger partial charge in [-0.3, -0.25) is 4.68 Å². The molecule has 0 unspecified atom stereocenters. The van der Waals surface area contributed by atoms with Crippen molar-refractivity contribution in [3.8, 4) is 0 Å². The number of hydrogen-bond acceptors (Lipinski definition) is 1. The maximum atomic E-state index is 3.61. The van der Waals surface area contributed by atoms with Crippen LogP contribution >= 0.6 is 0 Å². The summed E-state index contributed by atoms with van der Waals surface area (Å²) in [5.74, 6) is 0.736.